The maximum Gasteiger partial charge on any atom is 0.330 e. The van der Waals surface area contributed by atoms with Crippen molar-refractivity contribution >= 4 is 23.2 Å². The number of carbonyl (C=O) groups is 3. The van der Waals surface area contributed by atoms with E-state index in [2.05, 4.69) is 11.9 Å². The van der Waals surface area contributed by atoms with Crippen LogP contribution in [0.2, 0.25) is 0 Å². The zero-order valence-corrected chi connectivity index (χ0v) is 19.2. The molecule has 1 aliphatic carbocycles. The van der Waals surface area contributed by atoms with E-state index >= 15 is 0 Å². The molecule has 0 unspecified atom stereocenters. The number of methoxy groups -OCH3 is 1. The van der Waals surface area contributed by atoms with Crippen molar-refractivity contribution < 1.29 is 33.7 Å². The van der Waals surface area contributed by atoms with Crippen LogP contribution in [0.5, 0.6) is 11.5 Å². The van der Waals surface area contributed by atoms with E-state index in [0.29, 0.717) is 37.2 Å². The van der Waals surface area contributed by atoms with Gasteiger partial charge in [0.15, 0.2) is 11.6 Å². The first-order valence-electron chi connectivity index (χ1n) is 11.2. The summed E-state index contributed by atoms with van der Waals surface area (Å²) in [5.74, 6) is -1.25. The number of hydrogen-bond acceptors (Lipinski definition) is 8. The summed E-state index contributed by atoms with van der Waals surface area (Å²) in [7, 11) is 1.63. The molecule has 34 heavy (non-hydrogen) atoms. The maximum atomic E-state index is 13.4. The number of anilines is 1. The minimum absolute atomic E-state index is 0.0215. The van der Waals surface area contributed by atoms with Crippen molar-refractivity contribution in [2.75, 3.05) is 38.8 Å². The summed E-state index contributed by atoms with van der Waals surface area (Å²) < 4.78 is 15.9. The quantitative estimate of drug-likeness (QED) is 0.169. The molecule has 0 aromatic heterocycles. The van der Waals surface area contributed by atoms with E-state index in [-0.39, 0.29) is 47.2 Å². The zero-order chi connectivity index (χ0) is 24.5. The average Bonchev–Trinajstić information content (AvgIpc) is 2.84. The predicted molar refractivity (Wildman–Crippen MR) is 127 cm³/mol. The number of fused-ring (bicyclic) bond motifs is 2. The van der Waals surface area contributed by atoms with Gasteiger partial charge in [-0.1, -0.05) is 30.8 Å². The van der Waals surface area contributed by atoms with Crippen molar-refractivity contribution in [2.24, 2.45) is 0 Å². The third-order valence-corrected chi connectivity index (χ3v) is 5.43. The molecule has 0 saturated carbocycles. The molecule has 8 nitrogen and oxygen atoms in total. The van der Waals surface area contributed by atoms with Crippen LogP contribution in [-0.2, 0) is 14.3 Å². The lowest BCUT2D eigenvalue weighted by Crippen LogP contribution is -2.23. The smallest absolute Gasteiger partial charge is 0.330 e. The SMILES string of the molecule is C=CC(=O)OCCCCOc1cc(O)c2c(c1NCCCCOC)C(=O)c1ccccc1C2=O. The summed E-state index contributed by atoms with van der Waals surface area (Å²) >= 11 is 0. The number of ketones is 2. The van der Waals surface area contributed by atoms with E-state index in [9.17, 15) is 19.5 Å². The second-order valence-corrected chi connectivity index (χ2v) is 7.78. The molecule has 2 aromatic carbocycles. The van der Waals surface area contributed by atoms with Crippen molar-refractivity contribution in [3.05, 3.63) is 65.2 Å². The van der Waals surface area contributed by atoms with Crippen LogP contribution in [0.15, 0.2) is 43.0 Å². The van der Waals surface area contributed by atoms with Gasteiger partial charge in [-0.05, 0) is 25.7 Å². The van der Waals surface area contributed by atoms with Crippen molar-refractivity contribution in [3.63, 3.8) is 0 Å². The largest absolute Gasteiger partial charge is 0.507 e. The number of carbonyl (C=O) groups excluding carboxylic acids is 3. The lowest BCUT2D eigenvalue weighted by Gasteiger charge is -2.24. The number of benzene rings is 2. The first-order chi connectivity index (χ1) is 16.5. The molecule has 0 saturated heterocycles. The number of rotatable bonds is 13. The highest BCUT2D eigenvalue weighted by Gasteiger charge is 2.35. The van der Waals surface area contributed by atoms with Crippen molar-refractivity contribution in [2.45, 2.75) is 25.7 Å². The Hall–Kier alpha value is -3.65. The Balaban J connectivity index is 1.84. The lowest BCUT2D eigenvalue weighted by atomic mass is 9.82. The highest BCUT2D eigenvalue weighted by molar-refractivity contribution is 6.31. The fourth-order valence-corrected chi connectivity index (χ4v) is 3.74. The Morgan fingerprint density at radius 2 is 1.65 bits per heavy atom. The monoisotopic (exact) mass is 467 g/mol. The Bertz CT molecular complexity index is 1080. The maximum absolute atomic E-state index is 13.4. The number of aromatic hydroxyl groups is 1. The Morgan fingerprint density at radius 3 is 2.32 bits per heavy atom. The van der Waals surface area contributed by atoms with Crippen LogP contribution < -0.4 is 10.1 Å². The number of hydrogen-bond donors (Lipinski definition) is 2. The molecule has 0 radical (unpaired) electrons. The average molecular weight is 468 g/mol. The van der Waals surface area contributed by atoms with Gasteiger partial charge in [-0.2, -0.15) is 0 Å². The van der Waals surface area contributed by atoms with Gasteiger partial charge in [-0.3, -0.25) is 9.59 Å². The minimum atomic E-state index is -0.482. The van der Waals surface area contributed by atoms with Gasteiger partial charge in [0.2, 0.25) is 0 Å². The van der Waals surface area contributed by atoms with Crippen LogP contribution in [-0.4, -0.2) is 56.1 Å². The summed E-state index contributed by atoms with van der Waals surface area (Å²) in [5, 5.41) is 13.9. The van der Waals surface area contributed by atoms with E-state index in [1.807, 2.05) is 0 Å². The fraction of sp³-hybridized carbons (Fsp3) is 0.346. The molecule has 0 atom stereocenters. The van der Waals surface area contributed by atoms with E-state index in [0.717, 1.165) is 18.9 Å². The standard InChI is InChI=1S/C26H29NO7/c1-3-21(29)34-15-9-8-14-33-20-16-19(28)22-23(24(20)27-12-6-7-13-32-2)26(31)18-11-5-4-10-17(18)25(22)30/h3-5,10-11,16,27-28H,1,6-9,12-15H2,2H3. The predicted octanol–water partition coefficient (Wildman–Crippen LogP) is 3.89. The summed E-state index contributed by atoms with van der Waals surface area (Å²) in [6, 6.07) is 7.94. The molecule has 180 valence electrons. The molecule has 3 rings (SSSR count). The van der Waals surface area contributed by atoms with Crippen LogP contribution in [0.25, 0.3) is 0 Å². The van der Waals surface area contributed by atoms with E-state index in [1.54, 1.807) is 31.4 Å². The first-order valence-corrected chi connectivity index (χ1v) is 11.2. The molecule has 1 aliphatic rings. The summed E-state index contributed by atoms with van der Waals surface area (Å²) in [5.41, 5.74) is 1.04. The first kappa shape index (κ1) is 25.0. The van der Waals surface area contributed by atoms with Crippen LogP contribution >= 0.6 is 0 Å². The second kappa shape index (κ2) is 12.0. The third kappa shape index (κ3) is 5.63. The van der Waals surface area contributed by atoms with Gasteiger partial charge < -0.3 is 24.6 Å². The van der Waals surface area contributed by atoms with Crippen molar-refractivity contribution in [1.29, 1.82) is 0 Å². The van der Waals surface area contributed by atoms with E-state index in [4.69, 9.17) is 14.2 Å². The van der Waals surface area contributed by atoms with E-state index < -0.39 is 11.8 Å². The minimum Gasteiger partial charge on any atom is -0.507 e. The second-order valence-electron chi connectivity index (χ2n) is 7.78. The summed E-state index contributed by atoms with van der Waals surface area (Å²) in [4.78, 5) is 37.6. The topological polar surface area (TPSA) is 111 Å². The highest BCUT2D eigenvalue weighted by Crippen LogP contribution is 2.42. The van der Waals surface area contributed by atoms with Gasteiger partial charge in [0, 0.05) is 43.5 Å². The molecule has 0 aliphatic heterocycles. The van der Waals surface area contributed by atoms with Crippen molar-refractivity contribution in [3.8, 4) is 11.5 Å². The molecule has 8 heteroatoms. The lowest BCUT2D eigenvalue weighted by molar-refractivity contribution is -0.137. The van der Waals surface area contributed by atoms with Crippen LogP contribution in [0, 0.1) is 0 Å². The van der Waals surface area contributed by atoms with Crippen LogP contribution in [0.1, 0.15) is 57.5 Å². The van der Waals surface area contributed by atoms with Gasteiger partial charge in [-0.15, -0.1) is 0 Å². The number of ether oxygens (including phenoxy) is 3. The molecule has 2 N–H and O–H groups in total. The fourth-order valence-electron chi connectivity index (χ4n) is 3.74. The molecule has 2 aromatic rings. The van der Waals surface area contributed by atoms with Crippen molar-refractivity contribution in [1.82, 2.24) is 0 Å². The molecular weight excluding hydrogens is 438 g/mol. The number of phenols is 1. The van der Waals surface area contributed by atoms with E-state index in [1.165, 1.54) is 6.07 Å². The highest BCUT2D eigenvalue weighted by atomic mass is 16.5. The molecule has 0 spiro atoms. The van der Waals surface area contributed by atoms with Crippen LogP contribution in [0.3, 0.4) is 0 Å². The number of phenolic OH excluding ortho intramolecular Hbond substituents is 1. The molecule has 0 heterocycles. The summed E-state index contributed by atoms with van der Waals surface area (Å²) in [6.07, 6.45) is 3.84. The molecular formula is C26H29NO7. The Kier molecular flexibility index (Phi) is 8.81. The number of nitrogens with one attached hydrogen (secondary N) is 1. The van der Waals surface area contributed by atoms with Gasteiger partial charge in [-0.25, -0.2) is 4.79 Å². The molecule has 0 amide bonds. The van der Waals surface area contributed by atoms with Gasteiger partial charge in [0.25, 0.3) is 0 Å². The number of esters is 1. The normalized spacial score (nSPS) is 12.0. The van der Waals surface area contributed by atoms with Gasteiger partial charge in [0.1, 0.15) is 11.5 Å². The third-order valence-electron chi connectivity index (χ3n) is 5.43. The Morgan fingerprint density at radius 1 is 1.00 bits per heavy atom. The summed E-state index contributed by atoms with van der Waals surface area (Å²) in [6.45, 7) is 4.98. The molecule has 0 bridgehead atoms. The van der Waals surface area contributed by atoms with Crippen LogP contribution in [0.4, 0.5) is 5.69 Å². The zero-order valence-electron chi connectivity index (χ0n) is 19.2. The van der Waals surface area contributed by atoms with Gasteiger partial charge in [0.05, 0.1) is 30.0 Å². The Labute approximate surface area is 198 Å². The molecule has 0 fully saturated rings. The number of unbranched alkanes of at least 4 members (excludes halogenated alkanes) is 2. The van der Waals surface area contributed by atoms with Gasteiger partial charge >= 0.3 is 5.97 Å².